The van der Waals surface area contributed by atoms with Gasteiger partial charge in [-0.1, -0.05) is 0 Å². The van der Waals surface area contributed by atoms with Gasteiger partial charge in [0.25, 0.3) is 0 Å². The molecule has 1 aromatic carbocycles. The van der Waals surface area contributed by atoms with Crippen molar-refractivity contribution in [3.63, 3.8) is 0 Å². The van der Waals surface area contributed by atoms with E-state index >= 15 is 0 Å². The molecule has 4 aromatic rings. The molecule has 4 rings (SSSR count). The molecule has 0 fully saturated rings. The van der Waals surface area contributed by atoms with Crippen molar-refractivity contribution in [2.45, 2.75) is 4.90 Å². The lowest BCUT2D eigenvalue weighted by Gasteiger charge is -2.12. The maximum atomic E-state index is 11.8. The van der Waals surface area contributed by atoms with E-state index in [2.05, 4.69) is 25.5 Å². The van der Waals surface area contributed by atoms with Gasteiger partial charge in [0.15, 0.2) is 11.4 Å². The van der Waals surface area contributed by atoms with E-state index in [9.17, 15) is 4.21 Å². The minimum absolute atomic E-state index is 0.503. The highest BCUT2D eigenvalue weighted by Crippen LogP contribution is 2.34. The molecule has 0 saturated carbocycles. The molecule has 0 bridgehead atoms. The third-order valence-corrected chi connectivity index (χ3v) is 4.79. The highest BCUT2D eigenvalue weighted by molar-refractivity contribution is 7.84. The Kier molecular flexibility index (Phi) is 4.13. The van der Waals surface area contributed by atoms with Crippen molar-refractivity contribution in [1.29, 1.82) is 0 Å². The monoisotopic (exact) mass is 369 g/mol. The van der Waals surface area contributed by atoms with Crippen LogP contribution in [0.3, 0.4) is 0 Å². The van der Waals surface area contributed by atoms with Crippen molar-refractivity contribution in [2.24, 2.45) is 0 Å². The number of hydrogen-bond acceptors (Lipinski definition) is 7. The first-order valence-electron chi connectivity index (χ1n) is 7.69. The first-order valence-corrected chi connectivity index (χ1v) is 9.24. The summed E-state index contributed by atoms with van der Waals surface area (Å²) in [6, 6.07) is 8.92. The van der Waals surface area contributed by atoms with Gasteiger partial charge >= 0.3 is 0 Å². The van der Waals surface area contributed by atoms with Gasteiger partial charge in [-0.25, -0.2) is 9.97 Å². The number of methoxy groups -OCH3 is 1. The van der Waals surface area contributed by atoms with E-state index in [0.717, 1.165) is 0 Å². The number of benzene rings is 1. The van der Waals surface area contributed by atoms with Crippen molar-refractivity contribution >= 4 is 33.3 Å². The Bertz CT molecular complexity index is 1090. The van der Waals surface area contributed by atoms with Gasteiger partial charge < -0.3 is 14.5 Å². The SMILES string of the molecule is COc1ccc(S(C)=O)cc1Nc1ncnc2n[nH]c(-c3ccco3)c12. The molecular formula is C17H15N5O3S. The van der Waals surface area contributed by atoms with Crippen molar-refractivity contribution in [1.82, 2.24) is 20.2 Å². The summed E-state index contributed by atoms with van der Waals surface area (Å²) in [6.45, 7) is 0. The van der Waals surface area contributed by atoms with Gasteiger partial charge in [0, 0.05) is 22.0 Å². The highest BCUT2D eigenvalue weighted by Gasteiger charge is 2.17. The van der Waals surface area contributed by atoms with Crippen LogP contribution in [0.5, 0.6) is 5.75 Å². The fraction of sp³-hybridized carbons (Fsp3) is 0.118. The minimum Gasteiger partial charge on any atom is -0.495 e. The summed E-state index contributed by atoms with van der Waals surface area (Å²) >= 11 is 0. The van der Waals surface area contributed by atoms with E-state index in [1.54, 1.807) is 43.9 Å². The number of fused-ring (bicyclic) bond motifs is 1. The van der Waals surface area contributed by atoms with Crippen molar-refractivity contribution in [3.8, 4) is 17.2 Å². The fourth-order valence-electron chi connectivity index (χ4n) is 2.64. The number of nitrogens with one attached hydrogen (secondary N) is 2. The number of aromatic nitrogens is 4. The maximum absolute atomic E-state index is 11.8. The molecule has 2 N–H and O–H groups in total. The Morgan fingerprint density at radius 3 is 2.88 bits per heavy atom. The van der Waals surface area contributed by atoms with E-state index in [-0.39, 0.29) is 0 Å². The zero-order chi connectivity index (χ0) is 18.1. The number of hydrogen-bond donors (Lipinski definition) is 2. The molecule has 0 aliphatic carbocycles. The number of aromatic amines is 1. The summed E-state index contributed by atoms with van der Waals surface area (Å²) in [7, 11) is 0.457. The summed E-state index contributed by atoms with van der Waals surface area (Å²) < 4.78 is 22.7. The van der Waals surface area contributed by atoms with Gasteiger partial charge in [-0.2, -0.15) is 5.10 Å². The number of furan rings is 1. The lowest BCUT2D eigenvalue weighted by atomic mass is 10.2. The average Bonchev–Trinajstić information content (AvgIpc) is 3.31. The summed E-state index contributed by atoms with van der Waals surface area (Å²) in [4.78, 5) is 9.20. The van der Waals surface area contributed by atoms with Crippen LogP contribution in [0.1, 0.15) is 0 Å². The molecule has 3 heterocycles. The van der Waals surface area contributed by atoms with E-state index in [0.29, 0.717) is 44.6 Å². The summed E-state index contributed by atoms with van der Waals surface area (Å²) in [5.41, 5.74) is 1.82. The molecule has 0 aliphatic rings. The topological polar surface area (TPSA) is 106 Å². The van der Waals surface area contributed by atoms with Crippen LogP contribution in [-0.2, 0) is 10.8 Å². The van der Waals surface area contributed by atoms with Gasteiger partial charge in [-0.05, 0) is 30.3 Å². The standard InChI is InChI=1S/C17H15N5O3S/c1-24-12-6-5-10(26(2)23)8-11(12)20-16-14-15(13-4-3-7-25-13)21-22-17(14)19-9-18-16/h3-9H,1-2H3,(H2,18,19,20,21,22). The Hall–Kier alpha value is -3.20. The number of rotatable bonds is 5. The first kappa shape index (κ1) is 16.3. The molecule has 0 saturated heterocycles. The molecular weight excluding hydrogens is 354 g/mol. The van der Waals surface area contributed by atoms with Crippen LogP contribution in [-0.4, -0.2) is 37.7 Å². The zero-order valence-electron chi connectivity index (χ0n) is 14.0. The molecule has 132 valence electrons. The molecule has 9 heteroatoms. The molecule has 0 amide bonds. The fourth-order valence-corrected chi connectivity index (χ4v) is 3.18. The molecule has 1 unspecified atom stereocenters. The molecule has 3 aromatic heterocycles. The molecule has 1 atom stereocenters. The molecule has 26 heavy (non-hydrogen) atoms. The third kappa shape index (κ3) is 2.82. The number of ether oxygens (including phenoxy) is 1. The Morgan fingerprint density at radius 1 is 1.27 bits per heavy atom. The van der Waals surface area contributed by atoms with Crippen LogP contribution >= 0.6 is 0 Å². The first-order chi connectivity index (χ1) is 12.7. The van der Waals surface area contributed by atoms with E-state index in [4.69, 9.17) is 9.15 Å². The van der Waals surface area contributed by atoms with Crippen molar-refractivity contribution in [2.75, 3.05) is 18.7 Å². The van der Waals surface area contributed by atoms with Gasteiger partial charge in [0.1, 0.15) is 23.6 Å². The van der Waals surface area contributed by atoms with Crippen molar-refractivity contribution in [3.05, 3.63) is 42.9 Å². The lowest BCUT2D eigenvalue weighted by molar-refractivity contribution is 0.416. The van der Waals surface area contributed by atoms with E-state index in [1.165, 1.54) is 6.33 Å². The molecule has 8 nitrogen and oxygen atoms in total. The normalized spacial score (nSPS) is 12.2. The average molecular weight is 369 g/mol. The maximum Gasteiger partial charge on any atom is 0.186 e. The Balaban J connectivity index is 1.85. The van der Waals surface area contributed by atoms with Crippen LogP contribution in [0.15, 0.2) is 52.2 Å². The summed E-state index contributed by atoms with van der Waals surface area (Å²) in [5, 5.41) is 11.1. The van der Waals surface area contributed by atoms with Crippen LogP contribution in [0, 0.1) is 0 Å². The van der Waals surface area contributed by atoms with Gasteiger partial charge in [-0.3, -0.25) is 9.31 Å². The Labute approximate surface area is 151 Å². The molecule has 0 radical (unpaired) electrons. The number of anilines is 2. The van der Waals surface area contributed by atoms with Gasteiger partial charge in [0.05, 0.1) is 24.4 Å². The lowest BCUT2D eigenvalue weighted by Crippen LogP contribution is -2.00. The third-order valence-electron chi connectivity index (χ3n) is 3.87. The second-order valence-corrected chi connectivity index (χ2v) is 6.82. The second kappa shape index (κ2) is 6.60. The van der Waals surface area contributed by atoms with Crippen LogP contribution in [0.4, 0.5) is 11.5 Å². The summed E-state index contributed by atoms with van der Waals surface area (Å²) in [6.07, 6.45) is 4.63. The predicted molar refractivity (Wildman–Crippen MR) is 98.0 cm³/mol. The van der Waals surface area contributed by atoms with Gasteiger partial charge in [-0.15, -0.1) is 0 Å². The van der Waals surface area contributed by atoms with Crippen LogP contribution in [0.25, 0.3) is 22.5 Å². The van der Waals surface area contributed by atoms with Crippen molar-refractivity contribution < 1.29 is 13.4 Å². The second-order valence-electron chi connectivity index (χ2n) is 5.44. The largest absolute Gasteiger partial charge is 0.495 e. The molecule has 0 spiro atoms. The summed E-state index contributed by atoms with van der Waals surface area (Å²) in [5.74, 6) is 1.77. The Morgan fingerprint density at radius 2 is 2.15 bits per heavy atom. The zero-order valence-corrected chi connectivity index (χ0v) is 14.8. The minimum atomic E-state index is -1.12. The number of nitrogens with zero attached hydrogens (tertiary/aromatic N) is 3. The van der Waals surface area contributed by atoms with E-state index < -0.39 is 10.8 Å². The van der Waals surface area contributed by atoms with Crippen LogP contribution < -0.4 is 10.1 Å². The smallest absolute Gasteiger partial charge is 0.186 e. The quantitative estimate of drug-likeness (QED) is 0.557. The highest BCUT2D eigenvalue weighted by atomic mass is 32.2. The number of H-pyrrole nitrogens is 1. The van der Waals surface area contributed by atoms with Gasteiger partial charge in [0.2, 0.25) is 0 Å². The molecule has 0 aliphatic heterocycles. The van der Waals surface area contributed by atoms with E-state index in [1.807, 2.05) is 6.07 Å². The van der Waals surface area contributed by atoms with Crippen LogP contribution in [0.2, 0.25) is 0 Å². The predicted octanol–water partition coefficient (Wildman–Crippen LogP) is 3.10.